The normalized spacial score (nSPS) is 15.3. The van der Waals surface area contributed by atoms with Crippen LogP contribution in [0.15, 0.2) is 0 Å². The molecule has 0 saturated heterocycles. The summed E-state index contributed by atoms with van der Waals surface area (Å²) in [5, 5.41) is 6.38. The molecule has 1 aromatic rings. The molecule has 0 bridgehead atoms. The van der Waals surface area contributed by atoms with Crippen molar-refractivity contribution in [1.82, 2.24) is 9.97 Å². The third-order valence-electron chi connectivity index (χ3n) is 1.54. The number of hydrogen-bond donors (Lipinski definition) is 3. The van der Waals surface area contributed by atoms with E-state index in [1.165, 1.54) is 0 Å². The van der Waals surface area contributed by atoms with Gasteiger partial charge in [0.15, 0.2) is 5.82 Å². The van der Waals surface area contributed by atoms with Crippen molar-refractivity contribution < 1.29 is 0 Å². The first kappa shape index (κ1) is 5.58. The van der Waals surface area contributed by atoms with Gasteiger partial charge in [-0.1, -0.05) is 0 Å². The Hall–Kier alpha value is -1.19. The summed E-state index contributed by atoms with van der Waals surface area (Å²) in [6.45, 7) is 3.87. The van der Waals surface area contributed by atoms with E-state index in [1.807, 2.05) is 6.92 Å². The molecule has 54 valence electrons. The average Bonchev–Trinajstić information content (AvgIpc) is 2.27. The van der Waals surface area contributed by atoms with Gasteiger partial charge in [0.05, 0.1) is 0 Å². The van der Waals surface area contributed by atoms with Crippen LogP contribution < -0.4 is 10.6 Å². The number of imidazole rings is 1. The topological polar surface area (TPSA) is 52.7 Å². The molecule has 2 heterocycles. The summed E-state index contributed by atoms with van der Waals surface area (Å²) in [4.78, 5) is 7.33. The lowest BCUT2D eigenvalue weighted by atomic mass is 10.4. The van der Waals surface area contributed by atoms with Gasteiger partial charge in [-0.05, 0) is 6.92 Å². The molecule has 1 aliphatic heterocycles. The third-order valence-corrected chi connectivity index (χ3v) is 1.54. The van der Waals surface area contributed by atoms with Crippen LogP contribution in [0.1, 0.15) is 5.82 Å². The number of hydrogen-bond acceptors (Lipinski definition) is 3. The zero-order valence-corrected chi connectivity index (χ0v) is 5.86. The van der Waals surface area contributed by atoms with Gasteiger partial charge in [-0.2, -0.15) is 0 Å². The van der Waals surface area contributed by atoms with Gasteiger partial charge in [0, 0.05) is 13.1 Å². The fourth-order valence-corrected chi connectivity index (χ4v) is 1.12. The molecule has 2 rings (SSSR count). The zero-order valence-electron chi connectivity index (χ0n) is 5.86. The minimum atomic E-state index is 0.948. The molecular formula is C6H10N4. The highest BCUT2D eigenvalue weighted by Crippen LogP contribution is 2.19. The molecular weight excluding hydrogens is 128 g/mol. The average molecular weight is 138 g/mol. The van der Waals surface area contributed by atoms with E-state index in [1.54, 1.807) is 0 Å². The van der Waals surface area contributed by atoms with Crippen LogP contribution in [-0.2, 0) is 0 Å². The maximum Gasteiger partial charge on any atom is 0.169 e. The van der Waals surface area contributed by atoms with Crippen LogP contribution in [-0.4, -0.2) is 23.1 Å². The van der Waals surface area contributed by atoms with Gasteiger partial charge < -0.3 is 15.6 Å². The van der Waals surface area contributed by atoms with E-state index in [4.69, 9.17) is 0 Å². The minimum absolute atomic E-state index is 0.948. The largest absolute Gasteiger partial charge is 0.367 e. The Morgan fingerprint density at radius 2 is 2.10 bits per heavy atom. The maximum atomic E-state index is 4.22. The Bertz CT molecular complexity index is 216. The van der Waals surface area contributed by atoms with Crippen molar-refractivity contribution in [1.29, 1.82) is 0 Å². The first-order valence-corrected chi connectivity index (χ1v) is 3.40. The van der Waals surface area contributed by atoms with E-state index in [0.29, 0.717) is 0 Å². The smallest absolute Gasteiger partial charge is 0.169 e. The predicted molar refractivity (Wildman–Crippen MR) is 40.3 cm³/mol. The van der Waals surface area contributed by atoms with Crippen LogP contribution in [0.2, 0.25) is 0 Å². The van der Waals surface area contributed by atoms with E-state index in [9.17, 15) is 0 Å². The van der Waals surface area contributed by atoms with Gasteiger partial charge in [-0.25, -0.2) is 4.98 Å². The van der Waals surface area contributed by atoms with Crippen molar-refractivity contribution >= 4 is 11.6 Å². The number of aryl methyl sites for hydroxylation is 1. The second-order valence-corrected chi connectivity index (χ2v) is 2.40. The number of H-pyrrole nitrogens is 1. The second kappa shape index (κ2) is 1.90. The molecule has 0 spiro atoms. The van der Waals surface area contributed by atoms with E-state index in [0.717, 1.165) is 30.5 Å². The van der Waals surface area contributed by atoms with Gasteiger partial charge in [0.1, 0.15) is 11.6 Å². The lowest BCUT2D eigenvalue weighted by molar-refractivity contribution is 1.03. The second-order valence-electron chi connectivity index (χ2n) is 2.40. The van der Waals surface area contributed by atoms with Crippen LogP contribution in [0, 0.1) is 6.92 Å². The first-order chi connectivity index (χ1) is 4.86. The molecule has 0 fully saturated rings. The van der Waals surface area contributed by atoms with E-state index in [-0.39, 0.29) is 0 Å². The Morgan fingerprint density at radius 1 is 1.30 bits per heavy atom. The van der Waals surface area contributed by atoms with E-state index < -0.39 is 0 Å². The van der Waals surface area contributed by atoms with Crippen molar-refractivity contribution in [2.45, 2.75) is 6.92 Å². The van der Waals surface area contributed by atoms with Gasteiger partial charge in [0.2, 0.25) is 0 Å². The van der Waals surface area contributed by atoms with Crippen molar-refractivity contribution in [2.75, 3.05) is 23.7 Å². The van der Waals surface area contributed by atoms with E-state index >= 15 is 0 Å². The Labute approximate surface area is 59.0 Å². The zero-order chi connectivity index (χ0) is 6.97. The standard InChI is InChI=1S/C6H10N4/c1-4-9-5-6(10-4)8-3-2-7-5/h7-8H,2-3H2,1H3,(H,9,10). The summed E-state index contributed by atoms with van der Waals surface area (Å²) in [5.74, 6) is 2.92. The number of nitrogens with one attached hydrogen (secondary N) is 3. The van der Waals surface area contributed by atoms with Crippen molar-refractivity contribution in [3.63, 3.8) is 0 Å². The van der Waals surface area contributed by atoms with Crippen LogP contribution in [0.4, 0.5) is 11.6 Å². The molecule has 0 saturated carbocycles. The maximum absolute atomic E-state index is 4.22. The van der Waals surface area contributed by atoms with Crippen LogP contribution in [0.25, 0.3) is 0 Å². The summed E-state index contributed by atoms with van der Waals surface area (Å²) in [6, 6.07) is 0. The summed E-state index contributed by atoms with van der Waals surface area (Å²) in [7, 11) is 0. The molecule has 4 nitrogen and oxygen atoms in total. The van der Waals surface area contributed by atoms with E-state index in [2.05, 4.69) is 20.6 Å². The fourth-order valence-electron chi connectivity index (χ4n) is 1.12. The molecule has 3 N–H and O–H groups in total. The molecule has 0 aromatic carbocycles. The Morgan fingerprint density at radius 3 is 2.90 bits per heavy atom. The molecule has 1 aromatic heterocycles. The van der Waals surface area contributed by atoms with Gasteiger partial charge in [-0.15, -0.1) is 0 Å². The number of aromatic nitrogens is 2. The number of aromatic amines is 1. The lowest BCUT2D eigenvalue weighted by Gasteiger charge is -2.13. The minimum Gasteiger partial charge on any atom is -0.367 e. The fraction of sp³-hybridized carbons (Fsp3) is 0.500. The summed E-state index contributed by atoms with van der Waals surface area (Å²) >= 11 is 0. The van der Waals surface area contributed by atoms with Crippen molar-refractivity contribution in [2.24, 2.45) is 0 Å². The molecule has 0 radical (unpaired) electrons. The summed E-state index contributed by atoms with van der Waals surface area (Å²) < 4.78 is 0. The molecule has 1 aliphatic rings. The number of nitrogens with zero attached hydrogens (tertiary/aromatic N) is 1. The molecule has 0 aliphatic carbocycles. The molecule has 0 atom stereocenters. The van der Waals surface area contributed by atoms with Crippen molar-refractivity contribution in [3.8, 4) is 0 Å². The summed E-state index contributed by atoms with van der Waals surface area (Å²) in [6.07, 6.45) is 0. The first-order valence-electron chi connectivity index (χ1n) is 3.40. The predicted octanol–water partition coefficient (Wildman–Crippen LogP) is 0.556. The summed E-state index contributed by atoms with van der Waals surface area (Å²) in [5.41, 5.74) is 0. The van der Waals surface area contributed by atoms with Crippen LogP contribution in [0.3, 0.4) is 0 Å². The van der Waals surface area contributed by atoms with Gasteiger partial charge in [0.25, 0.3) is 0 Å². The highest BCUT2D eigenvalue weighted by atomic mass is 15.2. The molecule has 0 amide bonds. The molecule has 0 unspecified atom stereocenters. The third kappa shape index (κ3) is 0.725. The quantitative estimate of drug-likeness (QED) is 0.491. The van der Waals surface area contributed by atoms with Crippen molar-refractivity contribution in [3.05, 3.63) is 5.82 Å². The molecule has 10 heavy (non-hydrogen) atoms. The number of rotatable bonds is 0. The number of anilines is 2. The lowest BCUT2D eigenvalue weighted by Crippen LogP contribution is -2.20. The Kier molecular flexibility index (Phi) is 1.06. The van der Waals surface area contributed by atoms with Crippen LogP contribution >= 0.6 is 0 Å². The van der Waals surface area contributed by atoms with Crippen LogP contribution in [0.5, 0.6) is 0 Å². The SMILES string of the molecule is Cc1nc2c([nH]1)NCCN2. The number of fused-ring (bicyclic) bond motifs is 1. The highest BCUT2D eigenvalue weighted by Gasteiger charge is 2.10. The van der Waals surface area contributed by atoms with Gasteiger partial charge >= 0.3 is 0 Å². The monoisotopic (exact) mass is 138 g/mol. The van der Waals surface area contributed by atoms with Gasteiger partial charge in [-0.3, -0.25) is 0 Å². The molecule has 4 heteroatoms. The highest BCUT2D eigenvalue weighted by molar-refractivity contribution is 5.62. The Balaban J connectivity index is 2.41.